The van der Waals surface area contributed by atoms with Crippen LogP contribution in [0.4, 0.5) is 0 Å². The fraction of sp³-hybridized carbons (Fsp3) is 0.500. The van der Waals surface area contributed by atoms with Gasteiger partial charge in [0.15, 0.2) is 21.3 Å². The molecule has 1 aromatic carbocycles. The van der Waals surface area contributed by atoms with Crippen LogP contribution in [0.2, 0.25) is 0 Å². The Bertz CT molecular complexity index is 971. The van der Waals surface area contributed by atoms with Crippen molar-refractivity contribution in [2.75, 3.05) is 32.3 Å². The van der Waals surface area contributed by atoms with E-state index < -0.39 is 9.84 Å². The van der Waals surface area contributed by atoms with Crippen molar-refractivity contribution in [3.63, 3.8) is 0 Å². The van der Waals surface area contributed by atoms with Gasteiger partial charge in [-0.2, -0.15) is 0 Å². The molecule has 0 N–H and O–H groups in total. The molecular formula is C20H26N2O5S2. The molecule has 9 heteroatoms. The molecule has 1 aromatic heterocycles. The highest BCUT2D eigenvalue weighted by Gasteiger charge is 2.34. The summed E-state index contributed by atoms with van der Waals surface area (Å²) in [5.74, 6) is 1.41. The maximum Gasteiger partial charge on any atom is 0.228 e. The van der Waals surface area contributed by atoms with Crippen molar-refractivity contribution >= 4 is 27.1 Å². The number of methoxy groups -OCH3 is 2. The van der Waals surface area contributed by atoms with E-state index in [0.717, 1.165) is 17.0 Å². The van der Waals surface area contributed by atoms with Crippen LogP contribution in [0, 0.1) is 0 Å². The van der Waals surface area contributed by atoms with Crippen LogP contribution in [0.1, 0.15) is 25.5 Å². The van der Waals surface area contributed by atoms with E-state index in [1.807, 2.05) is 30.5 Å². The molecular weight excluding hydrogens is 412 g/mol. The number of rotatable bonds is 8. The Morgan fingerprint density at radius 3 is 2.66 bits per heavy atom. The van der Waals surface area contributed by atoms with Gasteiger partial charge >= 0.3 is 0 Å². The van der Waals surface area contributed by atoms with Gasteiger partial charge in [-0.1, -0.05) is 6.92 Å². The smallest absolute Gasteiger partial charge is 0.228 e. The Morgan fingerprint density at radius 1 is 1.28 bits per heavy atom. The zero-order valence-electron chi connectivity index (χ0n) is 16.9. The Balaban J connectivity index is 1.74. The molecule has 0 bridgehead atoms. The lowest BCUT2D eigenvalue weighted by molar-refractivity contribution is -0.132. The third kappa shape index (κ3) is 5.08. The number of hydrogen-bond acceptors (Lipinski definition) is 7. The Morgan fingerprint density at radius 2 is 2.03 bits per heavy atom. The van der Waals surface area contributed by atoms with Crippen LogP contribution < -0.4 is 9.47 Å². The van der Waals surface area contributed by atoms with Gasteiger partial charge in [0.1, 0.15) is 5.01 Å². The Kier molecular flexibility index (Phi) is 6.79. The number of aromatic nitrogens is 1. The maximum atomic E-state index is 12.9. The molecule has 3 rings (SSSR count). The third-order valence-corrected chi connectivity index (χ3v) is 7.64. The standard InChI is InChI=1S/C20H26N2O5S2/c1-4-8-22(16-7-9-29(24,25)13-16)19(23)11-15-12-28-20(21-15)14-5-6-17(26-2)18(10-14)27-3/h5-6,10,12,16H,4,7-9,11,13H2,1-3H3. The number of ether oxygens (including phenoxy) is 2. The first kappa shape index (κ1) is 21.6. The van der Waals surface area contributed by atoms with Gasteiger partial charge < -0.3 is 14.4 Å². The minimum Gasteiger partial charge on any atom is -0.493 e. The van der Waals surface area contributed by atoms with Crippen LogP contribution >= 0.6 is 11.3 Å². The summed E-state index contributed by atoms with van der Waals surface area (Å²) < 4.78 is 34.2. The molecule has 158 valence electrons. The van der Waals surface area contributed by atoms with Crippen LogP contribution in [0.25, 0.3) is 10.6 Å². The van der Waals surface area contributed by atoms with E-state index in [9.17, 15) is 13.2 Å². The molecule has 29 heavy (non-hydrogen) atoms. The lowest BCUT2D eigenvalue weighted by Gasteiger charge is -2.27. The zero-order chi connectivity index (χ0) is 21.0. The Hall–Kier alpha value is -2.13. The zero-order valence-corrected chi connectivity index (χ0v) is 18.5. The topological polar surface area (TPSA) is 85.8 Å². The van der Waals surface area contributed by atoms with Crippen LogP contribution in [-0.4, -0.2) is 62.5 Å². The first-order valence-electron chi connectivity index (χ1n) is 9.53. The summed E-state index contributed by atoms with van der Waals surface area (Å²) in [5.41, 5.74) is 1.57. The molecule has 1 unspecified atom stereocenters. The van der Waals surface area contributed by atoms with Crippen molar-refractivity contribution in [2.45, 2.75) is 32.2 Å². The van der Waals surface area contributed by atoms with Crippen LogP contribution in [-0.2, 0) is 21.1 Å². The van der Waals surface area contributed by atoms with Gasteiger partial charge in [0.2, 0.25) is 5.91 Å². The first-order chi connectivity index (χ1) is 13.9. The van der Waals surface area contributed by atoms with Gasteiger partial charge in [0.05, 0.1) is 37.8 Å². The monoisotopic (exact) mass is 438 g/mol. The summed E-state index contributed by atoms with van der Waals surface area (Å²) in [6.07, 6.45) is 1.47. The van der Waals surface area contributed by atoms with E-state index in [1.165, 1.54) is 11.3 Å². The first-order valence-corrected chi connectivity index (χ1v) is 12.2. The normalized spacial score (nSPS) is 17.8. The molecule has 1 aliphatic heterocycles. The maximum absolute atomic E-state index is 12.9. The summed E-state index contributed by atoms with van der Waals surface area (Å²) in [6, 6.07) is 5.36. The number of amides is 1. The van der Waals surface area contributed by atoms with Gasteiger partial charge in [-0.25, -0.2) is 13.4 Å². The Labute approximate surface area is 175 Å². The molecule has 1 fully saturated rings. The lowest BCUT2D eigenvalue weighted by atomic mass is 10.1. The molecule has 1 atom stereocenters. The SMILES string of the molecule is CCCN(C(=O)Cc1csc(-c2ccc(OC)c(OC)c2)n1)C1CCS(=O)(=O)C1. The number of sulfone groups is 1. The molecule has 2 aromatic rings. The number of carbonyl (C=O) groups is 1. The van der Waals surface area contributed by atoms with E-state index in [0.29, 0.717) is 30.2 Å². The summed E-state index contributed by atoms with van der Waals surface area (Å²) >= 11 is 1.46. The lowest BCUT2D eigenvalue weighted by Crippen LogP contribution is -2.42. The summed E-state index contributed by atoms with van der Waals surface area (Å²) in [7, 11) is 0.129. The average molecular weight is 439 g/mol. The largest absolute Gasteiger partial charge is 0.493 e. The molecule has 2 heterocycles. The third-order valence-electron chi connectivity index (χ3n) is 4.95. The number of thiazole rings is 1. The van der Waals surface area contributed by atoms with Gasteiger partial charge in [-0.3, -0.25) is 4.79 Å². The van der Waals surface area contributed by atoms with Crippen LogP contribution in [0.3, 0.4) is 0 Å². The quantitative estimate of drug-likeness (QED) is 0.630. The van der Waals surface area contributed by atoms with Crippen LogP contribution in [0.5, 0.6) is 11.5 Å². The van der Waals surface area contributed by atoms with Crippen molar-refractivity contribution in [1.29, 1.82) is 0 Å². The fourth-order valence-corrected chi connectivity index (χ4v) is 6.07. The minimum atomic E-state index is -3.04. The van der Waals surface area contributed by atoms with E-state index in [1.54, 1.807) is 19.1 Å². The van der Waals surface area contributed by atoms with E-state index in [4.69, 9.17) is 9.47 Å². The highest BCUT2D eigenvalue weighted by atomic mass is 32.2. The second kappa shape index (κ2) is 9.13. The molecule has 1 aliphatic rings. The molecule has 0 saturated carbocycles. The van der Waals surface area contributed by atoms with Gasteiger partial charge in [-0.15, -0.1) is 11.3 Å². The summed E-state index contributed by atoms with van der Waals surface area (Å²) in [6.45, 7) is 2.55. The molecule has 0 aliphatic carbocycles. The highest BCUT2D eigenvalue weighted by molar-refractivity contribution is 7.91. The number of benzene rings is 1. The average Bonchev–Trinajstić information content (AvgIpc) is 3.31. The van der Waals surface area contributed by atoms with Crippen LogP contribution in [0.15, 0.2) is 23.6 Å². The van der Waals surface area contributed by atoms with Gasteiger partial charge in [0, 0.05) is 23.5 Å². The molecule has 1 saturated heterocycles. The van der Waals surface area contributed by atoms with Gasteiger partial charge in [0.25, 0.3) is 0 Å². The molecule has 1 amide bonds. The predicted molar refractivity (Wildman–Crippen MR) is 113 cm³/mol. The predicted octanol–water partition coefficient (Wildman–Crippen LogP) is 2.80. The molecule has 7 nitrogen and oxygen atoms in total. The number of nitrogens with zero attached hydrogens (tertiary/aromatic N) is 2. The molecule has 0 spiro atoms. The van der Waals surface area contributed by atoms with Crippen molar-refractivity contribution in [1.82, 2.24) is 9.88 Å². The number of carbonyl (C=O) groups excluding carboxylic acids is 1. The van der Waals surface area contributed by atoms with E-state index in [-0.39, 0.29) is 29.9 Å². The molecule has 0 radical (unpaired) electrons. The summed E-state index contributed by atoms with van der Waals surface area (Å²) in [4.78, 5) is 19.2. The van der Waals surface area contributed by atoms with Crippen molar-refractivity contribution < 1.29 is 22.7 Å². The fourth-order valence-electron chi connectivity index (χ4n) is 3.52. The second-order valence-corrected chi connectivity index (χ2v) is 10.1. The second-order valence-electron chi connectivity index (χ2n) is 7.03. The van der Waals surface area contributed by atoms with Gasteiger partial charge in [-0.05, 0) is 31.0 Å². The summed E-state index contributed by atoms with van der Waals surface area (Å²) in [5, 5.41) is 2.67. The van der Waals surface area contributed by atoms with Crippen molar-refractivity contribution in [3.8, 4) is 22.1 Å². The number of hydrogen-bond donors (Lipinski definition) is 0. The highest BCUT2D eigenvalue weighted by Crippen LogP contribution is 2.33. The van der Waals surface area contributed by atoms with Crippen molar-refractivity contribution in [3.05, 3.63) is 29.3 Å². The minimum absolute atomic E-state index is 0.0622. The van der Waals surface area contributed by atoms with E-state index >= 15 is 0 Å². The van der Waals surface area contributed by atoms with Crippen molar-refractivity contribution in [2.24, 2.45) is 0 Å². The van der Waals surface area contributed by atoms with E-state index in [2.05, 4.69) is 4.98 Å².